The SMILES string of the molecule is Cc1ccccc1-n1c(C)c2[n+](c1C1CCCCC1)-c1ccccc1C2(C)C. The normalized spacial score (nSPS) is 18.1. The van der Waals surface area contributed by atoms with Gasteiger partial charge in [0.05, 0.1) is 11.3 Å². The molecule has 1 aromatic heterocycles. The first-order valence-corrected chi connectivity index (χ1v) is 10.9. The highest BCUT2D eigenvalue weighted by Crippen LogP contribution is 2.44. The summed E-state index contributed by atoms with van der Waals surface area (Å²) in [4.78, 5) is 0. The Balaban J connectivity index is 1.87. The van der Waals surface area contributed by atoms with Crippen molar-refractivity contribution in [3.63, 3.8) is 0 Å². The zero-order valence-corrected chi connectivity index (χ0v) is 17.6. The number of hydrogen-bond acceptors (Lipinski definition) is 0. The molecule has 0 saturated heterocycles. The van der Waals surface area contributed by atoms with Crippen molar-refractivity contribution in [2.24, 2.45) is 0 Å². The van der Waals surface area contributed by atoms with Gasteiger partial charge in [0.1, 0.15) is 17.1 Å². The van der Waals surface area contributed by atoms with E-state index in [-0.39, 0.29) is 5.41 Å². The van der Waals surface area contributed by atoms with Crippen LogP contribution in [0.25, 0.3) is 11.4 Å². The molecule has 0 spiro atoms. The van der Waals surface area contributed by atoms with Crippen LogP contribution in [-0.4, -0.2) is 4.57 Å². The molecule has 1 saturated carbocycles. The number of aryl methyl sites for hydroxylation is 1. The van der Waals surface area contributed by atoms with Gasteiger partial charge in [-0.15, -0.1) is 0 Å². The van der Waals surface area contributed by atoms with Crippen LogP contribution in [0.3, 0.4) is 0 Å². The van der Waals surface area contributed by atoms with Gasteiger partial charge in [-0.2, -0.15) is 9.13 Å². The molecular formula is C26H31N2+. The van der Waals surface area contributed by atoms with Crippen molar-refractivity contribution in [3.05, 3.63) is 76.9 Å². The van der Waals surface area contributed by atoms with Crippen LogP contribution in [0.2, 0.25) is 0 Å². The summed E-state index contributed by atoms with van der Waals surface area (Å²) >= 11 is 0. The summed E-state index contributed by atoms with van der Waals surface area (Å²) in [5.41, 5.74) is 8.44. The van der Waals surface area contributed by atoms with Crippen LogP contribution < -0.4 is 4.57 Å². The van der Waals surface area contributed by atoms with Gasteiger partial charge < -0.3 is 0 Å². The van der Waals surface area contributed by atoms with Crippen LogP contribution in [0.15, 0.2) is 48.5 Å². The Labute approximate surface area is 168 Å². The van der Waals surface area contributed by atoms with E-state index in [4.69, 9.17) is 0 Å². The lowest BCUT2D eigenvalue weighted by Gasteiger charge is -2.21. The van der Waals surface area contributed by atoms with Gasteiger partial charge in [0.2, 0.25) is 0 Å². The third-order valence-electron chi connectivity index (χ3n) is 7.10. The van der Waals surface area contributed by atoms with Crippen LogP contribution in [0.5, 0.6) is 0 Å². The second-order valence-corrected chi connectivity index (χ2v) is 9.23. The first kappa shape index (κ1) is 17.7. The number of benzene rings is 2. The fraction of sp³-hybridized carbons (Fsp3) is 0.423. The molecule has 2 aliphatic rings. The van der Waals surface area contributed by atoms with Crippen molar-refractivity contribution in [1.29, 1.82) is 0 Å². The Morgan fingerprint density at radius 1 is 0.893 bits per heavy atom. The predicted molar refractivity (Wildman–Crippen MR) is 115 cm³/mol. The van der Waals surface area contributed by atoms with Crippen molar-refractivity contribution in [3.8, 4) is 11.4 Å². The molecule has 2 heteroatoms. The summed E-state index contributed by atoms with van der Waals surface area (Å²) in [6.07, 6.45) is 6.69. The number of imidazole rings is 1. The molecule has 0 N–H and O–H groups in total. The highest BCUT2D eigenvalue weighted by molar-refractivity contribution is 5.52. The van der Waals surface area contributed by atoms with Gasteiger partial charge in [-0.3, -0.25) is 0 Å². The Bertz CT molecular complexity index is 1050. The first-order chi connectivity index (χ1) is 13.5. The lowest BCUT2D eigenvalue weighted by Crippen LogP contribution is -2.38. The van der Waals surface area contributed by atoms with Gasteiger partial charge in [0, 0.05) is 12.5 Å². The smallest absolute Gasteiger partial charge is 0.196 e. The van der Waals surface area contributed by atoms with Gasteiger partial charge >= 0.3 is 0 Å². The van der Waals surface area contributed by atoms with E-state index in [1.54, 1.807) is 0 Å². The monoisotopic (exact) mass is 371 g/mol. The molecule has 2 aromatic carbocycles. The standard InChI is InChI=1S/C26H31N2/c1-18-12-8-10-16-22(18)27-19(2)24-26(3,4)21-15-9-11-17-23(21)28(24)25(27)20-13-6-5-7-14-20/h8-12,15-17,20H,5-7,13-14H2,1-4H3/q+1. The maximum atomic E-state index is 2.63. The van der Waals surface area contributed by atoms with Gasteiger partial charge in [-0.05, 0) is 51.3 Å². The van der Waals surface area contributed by atoms with E-state index < -0.39 is 0 Å². The van der Waals surface area contributed by atoms with Crippen LogP contribution in [-0.2, 0) is 5.41 Å². The molecule has 3 aromatic rings. The summed E-state index contributed by atoms with van der Waals surface area (Å²) in [6.45, 7) is 9.36. The van der Waals surface area contributed by atoms with Crippen molar-refractivity contribution < 1.29 is 4.57 Å². The van der Waals surface area contributed by atoms with Crippen LogP contribution >= 0.6 is 0 Å². The quantitative estimate of drug-likeness (QED) is 0.484. The van der Waals surface area contributed by atoms with Gasteiger partial charge in [0.25, 0.3) is 5.82 Å². The molecule has 2 heterocycles. The molecule has 0 amide bonds. The molecule has 144 valence electrons. The molecule has 1 fully saturated rings. The van der Waals surface area contributed by atoms with Crippen molar-refractivity contribution in [2.45, 2.75) is 71.1 Å². The Hall–Kier alpha value is -2.35. The van der Waals surface area contributed by atoms with Gasteiger partial charge in [-0.1, -0.05) is 55.7 Å². The lowest BCUT2D eigenvalue weighted by molar-refractivity contribution is -0.609. The zero-order valence-electron chi connectivity index (χ0n) is 17.6. The molecule has 0 radical (unpaired) electrons. The first-order valence-electron chi connectivity index (χ1n) is 10.9. The van der Waals surface area contributed by atoms with E-state index in [9.17, 15) is 0 Å². The van der Waals surface area contributed by atoms with Gasteiger partial charge in [-0.25, -0.2) is 0 Å². The number of rotatable bonds is 2. The second kappa shape index (κ2) is 6.34. The maximum Gasteiger partial charge on any atom is 0.270 e. The average Bonchev–Trinajstić information content (AvgIpc) is 3.14. The number of fused-ring (bicyclic) bond motifs is 3. The molecule has 1 aliphatic heterocycles. The Kier molecular flexibility index (Phi) is 4.01. The molecule has 1 aliphatic carbocycles. The van der Waals surface area contributed by atoms with Crippen LogP contribution in [0, 0.1) is 13.8 Å². The van der Waals surface area contributed by atoms with E-state index in [0.717, 1.165) is 0 Å². The van der Waals surface area contributed by atoms with E-state index >= 15 is 0 Å². The van der Waals surface area contributed by atoms with E-state index in [0.29, 0.717) is 5.92 Å². The van der Waals surface area contributed by atoms with Crippen molar-refractivity contribution in [1.82, 2.24) is 4.57 Å². The summed E-state index contributed by atoms with van der Waals surface area (Å²) in [7, 11) is 0. The number of para-hydroxylation sites is 2. The topological polar surface area (TPSA) is 8.81 Å². The van der Waals surface area contributed by atoms with E-state index in [1.807, 2.05) is 0 Å². The van der Waals surface area contributed by atoms with Crippen LogP contribution in [0.4, 0.5) is 0 Å². The van der Waals surface area contributed by atoms with E-state index in [1.165, 1.54) is 71.8 Å². The second-order valence-electron chi connectivity index (χ2n) is 9.23. The van der Waals surface area contributed by atoms with Crippen molar-refractivity contribution in [2.75, 3.05) is 0 Å². The fourth-order valence-electron chi connectivity index (χ4n) is 5.80. The molecule has 5 rings (SSSR count). The summed E-state index contributed by atoms with van der Waals surface area (Å²) < 4.78 is 5.23. The largest absolute Gasteiger partial charge is 0.270 e. The third kappa shape index (κ3) is 2.36. The molecule has 2 nitrogen and oxygen atoms in total. The van der Waals surface area contributed by atoms with Crippen molar-refractivity contribution >= 4 is 0 Å². The van der Waals surface area contributed by atoms with Crippen LogP contribution in [0.1, 0.15) is 80.2 Å². The minimum atomic E-state index is 0.0258. The average molecular weight is 372 g/mol. The summed E-state index contributed by atoms with van der Waals surface area (Å²) in [5, 5.41) is 0. The number of nitrogens with zero attached hydrogens (tertiary/aromatic N) is 2. The maximum absolute atomic E-state index is 2.63. The molecule has 0 unspecified atom stereocenters. The number of hydrogen-bond donors (Lipinski definition) is 0. The molecule has 0 atom stereocenters. The summed E-state index contributed by atoms with van der Waals surface area (Å²) in [6, 6.07) is 17.9. The summed E-state index contributed by atoms with van der Waals surface area (Å²) in [5.74, 6) is 2.13. The number of aromatic nitrogens is 2. The Morgan fingerprint density at radius 3 is 2.32 bits per heavy atom. The molecule has 0 bridgehead atoms. The van der Waals surface area contributed by atoms with Gasteiger partial charge in [0.15, 0.2) is 5.69 Å². The fourth-order valence-corrected chi connectivity index (χ4v) is 5.80. The minimum absolute atomic E-state index is 0.0258. The highest BCUT2D eigenvalue weighted by Gasteiger charge is 2.49. The minimum Gasteiger partial charge on any atom is -0.196 e. The lowest BCUT2D eigenvalue weighted by atomic mass is 9.82. The Morgan fingerprint density at radius 2 is 1.57 bits per heavy atom. The third-order valence-corrected chi connectivity index (χ3v) is 7.10. The molecular weight excluding hydrogens is 340 g/mol. The predicted octanol–water partition coefficient (Wildman–Crippen LogP) is 6.06. The highest BCUT2D eigenvalue weighted by atomic mass is 15.2. The molecule has 28 heavy (non-hydrogen) atoms. The zero-order chi connectivity index (χ0) is 19.5. The van der Waals surface area contributed by atoms with E-state index in [2.05, 4.69) is 85.4 Å².